The molecule has 1 aliphatic heterocycles. The Morgan fingerprint density at radius 1 is 1.55 bits per heavy atom. The van der Waals surface area contributed by atoms with Crippen molar-refractivity contribution in [2.75, 3.05) is 13.2 Å². The van der Waals surface area contributed by atoms with Gasteiger partial charge in [0.15, 0.2) is 0 Å². The molecule has 4 heteroatoms. The van der Waals surface area contributed by atoms with Gasteiger partial charge in [-0.15, -0.1) is 0 Å². The molecule has 1 heterocycles. The second-order valence-electron chi connectivity index (χ2n) is 3.19. The van der Waals surface area contributed by atoms with Crippen molar-refractivity contribution in [2.24, 2.45) is 5.73 Å². The first-order valence-corrected chi connectivity index (χ1v) is 3.96. The fraction of sp³-hybridized carbons (Fsp3) is 0.857. The van der Waals surface area contributed by atoms with Crippen LogP contribution >= 0.6 is 0 Å². The molecule has 11 heavy (non-hydrogen) atoms. The van der Waals surface area contributed by atoms with Crippen molar-refractivity contribution in [2.45, 2.75) is 24.9 Å². The van der Waals surface area contributed by atoms with E-state index < -0.39 is 0 Å². The highest BCUT2D eigenvalue weighted by molar-refractivity contribution is 5.69. The highest BCUT2D eigenvalue weighted by Gasteiger charge is 2.37. The van der Waals surface area contributed by atoms with E-state index in [2.05, 4.69) is 0 Å². The summed E-state index contributed by atoms with van der Waals surface area (Å²) in [6, 6.07) is 0.661. The third-order valence-electron chi connectivity index (χ3n) is 2.38. The van der Waals surface area contributed by atoms with Gasteiger partial charge in [0.05, 0.1) is 6.54 Å². The minimum Gasteiger partial charge on any atom is -0.448 e. The standard InChI is InChI=1S/C7H12N2O2/c8-5-3-6(4-5)9-1-2-11-7(9)10/h5-6H,1-4,8H2. The summed E-state index contributed by atoms with van der Waals surface area (Å²) >= 11 is 0. The number of amides is 1. The zero-order chi connectivity index (χ0) is 7.84. The van der Waals surface area contributed by atoms with E-state index in [9.17, 15) is 4.79 Å². The lowest BCUT2D eigenvalue weighted by molar-refractivity contribution is 0.121. The summed E-state index contributed by atoms with van der Waals surface area (Å²) in [6.07, 6.45) is 1.71. The number of hydrogen-bond donors (Lipinski definition) is 1. The van der Waals surface area contributed by atoms with Gasteiger partial charge in [0.1, 0.15) is 6.61 Å². The van der Waals surface area contributed by atoms with Gasteiger partial charge < -0.3 is 15.4 Å². The summed E-state index contributed by atoms with van der Waals surface area (Å²) < 4.78 is 4.80. The van der Waals surface area contributed by atoms with Crippen molar-refractivity contribution in [3.63, 3.8) is 0 Å². The normalized spacial score (nSPS) is 36.8. The zero-order valence-corrected chi connectivity index (χ0v) is 6.32. The summed E-state index contributed by atoms with van der Waals surface area (Å²) in [6.45, 7) is 1.29. The fourth-order valence-corrected chi connectivity index (χ4v) is 1.62. The Labute approximate surface area is 65.3 Å². The van der Waals surface area contributed by atoms with Gasteiger partial charge in [-0.3, -0.25) is 0 Å². The smallest absolute Gasteiger partial charge is 0.410 e. The summed E-state index contributed by atoms with van der Waals surface area (Å²) in [5.41, 5.74) is 5.60. The van der Waals surface area contributed by atoms with Crippen LogP contribution < -0.4 is 5.73 Å². The highest BCUT2D eigenvalue weighted by Crippen LogP contribution is 2.25. The maximum absolute atomic E-state index is 11.0. The third-order valence-corrected chi connectivity index (χ3v) is 2.38. The molecular weight excluding hydrogens is 144 g/mol. The topological polar surface area (TPSA) is 55.6 Å². The van der Waals surface area contributed by atoms with E-state index in [1.54, 1.807) is 4.90 Å². The van der Waals surface area contributed by atoms with E-state index in [0.29, 0.717) is 18.7 Å². The lowest BCUT2D eigenvalue weighted by Gasteiger charge is -2.37. The van der Waals surface area contributed by atoms with Crippen molar-refractivity contribution in [3.8, 4) is 0 Å². The van der Waals surface area contributed by atoms with Gasteiger partial charge in [0.2, 0.25) is 0 Å². The SMILES string of the molecule is NC1CC(N2CCOC2=O)C1. The number of rotatable bonds is 1. The van der Waals surface area contributed by atoms with Gasteiger partial charge in [-0.1, -0.05) is 0 Å². The number of carbonyl (C=O) groups is 1. The quantitative estimate of drug-likeness (QED) is 0.578. The molecule has 1 aliphatic carbocycles. The van der Waals surface area contributed by atoms with Crippen molar-refractivity contribution >= 4 is 6.09 Å². The van der Waals surface area contributed by atoms with E-state index in [1.807, 2.05) is 0 Å². The van der Waals surface area contributed by atoms with Gasteiger partial charge >= 0.3 is 6.09 Å². The summed E-state index contributed by atoms with van der Waals surface area (Å²) in [5.74, 6) is 0. The monoisotopic (exact) mass is 156 g/mol. The van der Waals surface area contributed by atoms with Crippen molar-refractivity contribution < 1.29 is 9.53 Å². The lowest BCUT2D eigenvalue weighted by Crippen LogP contribution is -2.50. The number of nitrogens with two attached hydrogens (primary N) is 1. The van der Waals surface area contributed by atoms with Crippen LogP contribution in [0.4, 0.5) is 4.79 Å². The summed E-state index contributed by atoms with van der Waals surface area (Å²) in [5, 5.41) is 0. The molecule has 1 amide bonds. The van der Waals surface area contributed by atoms with Gasteiger partial charge in [-0.05, 0) is 12.8 Å². The number of hydrogen-bond acceptors (Lipinski definition) is 3. The van der Waals surface area contributed by atoms with Crippen LogP contribution in [-0.4, -0.2) is 36.2 Å². The van der Waals surface area contributed by atoms with E-state index in [0.717, 1.165) is 19.4 Å². The molecule has 0 aromatic carbocycles. The highest BCUT2D eigenvalue weighted by atomic mass is 16.6. The van der Waals surface area contributed by atoms with Crippen molar-refractivity contribution in [1.82, 2.24) is 4.90 Å². The van der Waals surface area contributed by atoms with Crippen LogP contribution in [0.2, 0.25) is 0 Å². The van der Waals surface area contributed by atoms with E-state index in [4.69, 9.17) is 10.5 Å². The average Bonchev–Trinajstić information content (AvgIpc) is 2.29. The van der Waals surface area contributed by atoms with E-state index in [-0.39, 0.29) is 6.09 Å². The van der Waals surface area contributed by atoms with Crippen LogP contribution in [0.5, 0.6) is 0 Å². The van der Waals surface area contributed by atoms with Crippen molar-refractivity contribution in [3.05, 3.63) is 0 Å². The first-order chi connectivity index (χ1) is 5.27. The first-order valence-electron chi connectivity index (χ1n) is 3.96. The largest absolute Gasteiger partial charge is 0.448 e. The molecule has 0 atom stereocenters. The van der Waals surface area contributed by atoms with Crippen LogP contribution in [0, 0.1) is 0 Å². The molecule has 1 saturated carbocycles. The minimum atomic E-state index is -0.165. The molecule has 1 saturated heterocycles. The lowest BCUT2D eigenvalue weighted by atomic mass is 9.86. The van der Waals surface area contributed by atoms with Crippen LogP contribution in [-0.2, 0) is 4.74 Å². The van der Waals surface area contributed by atoms with Gasteiger partial charge in [-0.25, -0.2) is 4.79 Å². The maximum Gasteiger partial charge on any atom is 0.410 e. The molecule has 2 aliphatic rings. The Hall–Kier alpha value is -0.770. The Morgan fingerprint density at radius 2 is 2.27 bits per heavy atom. The molecule has 2 fully saturated rings. The number of cyclic esters (lactones) is 1. The molecule has 0 spiro atoms. The van der Waals surface area contributed by atoms with Gasteiger partial charge in [0.25, 0.3) is 0 Å². The molecule has 0 bridgehead atoms. The number of ether oxygens (including phenoxy) is 1. The average molecular weight is 156 g/mol. The second-order valence-corrected chi connectivity index (χ2v) is 3.19. The molecule has 4 nitrogen and oxygen atoms in total. The third kappa shape index (κ3) is 1.07. The van der Waals surface area contributed by atoms with Gasteiger partial charge in [0, 0.05) is 12.1 Å². The molecule has 0 aromatic rings. The Kier molecular flexibility index (Phi) is 1.49. The summed E-state index contributed by atoms with van der Waals surface area (Å²) in [7, 11) is 0. The predicted octanol–water partition coefficient (Wildman–Crippen LogP) is -0.0717. The Morgan fingerprint density at radius 3 is 2.73 bits per heavy atom. The van der Waals surface area contributed by atoms with Crippen LogP contribution in [0.15, 0.2) is 0 Å². The molecule has 0 aromatic heterocycles. The molecule has 0 unspecified atom stereocenters. The Bertz CT molecular complexity index is 177. The molecule has 2 rings (SSSR count). The van der Waals surface area contributed by atoms with E-state index in [1.165, 1.54) is 0 Å². The molecular formula is C7H12N2O2. The molecule has 62 valence electrons. The van der Waals surface area contributed by atoms with Crippen molar-refractivity contribution in [1.29, 1.82) is 0 Å². The first kappa shape index (κ1) is 6.91. The maximum atomic E-state index is 11.0. The van der Waals surface area contributed by atoms with Crippen LogP contribution in [0.1, 0.15) is 12.8 Å². The fourth-order valence-electron chi connectivity index (χ4n) is 1.62. The second kappa shape index (κ2) is 2.37. The molecule has 2 N–H and O–H groups in total. The van der Waals surface area contributed by atoms with Crippen LogP contribution in [0.3, 0.4) is 0 Å². The van der Waals surface area contributed by atoms with Crippen LogP contribution in [0.25, 0.3) is 0 Å². The Balaban J connectivity index is 1.90. The minimum absolute atomic E-state index is 0.165. The zero-order valence-electron chi connectivity index (χ0n) is 6.32. The number of nitrogens with zero attached hydrogens (tertiary/aromatic N) is 1. The predicted molar refractivity (Wildman–Crippen MR) is 39.1 cm³/mol. The van der Waals surface area contributed by atoms with Gasteiger partial charge in [-0.2, -0.15) is 0 Å². The number of carbonyl (C=O) groups excluding carboxylic acids is 1. The summed E-state index contributed by atoms with van der Waals surface area (Å²) in [4.78, 5) is 12.8. The van der Waals surface area contributed by atoms with E-state index >= 15 is 0 Å². The molecule has 0 radical (unpaired) electrons.